The van der Waals surface area contributed by atoms with Crippen molar-refractivity contribution >= 4 is 28.2 Å². The minimum absolute atomic E-state index is 0.200. The summed E-state index contributed by atoms with van der Waals surface area (Å²) in [5.41, 5.74) is 0.200. The Morgan fingerprint density at radius 1 is 1.19 bits per heavy atom. The van der Waals surface area contributed by atoms with Crippen molar-refractivity contribution in [2.45, 2.75) is 25.3 Å². The number of benzene rings is 1. The van der Waals surface area contributed by atoms with Gasteiger partial charge in [-0.25, -0.2) is 0 Å². The predicted octanol–water partition coefficient (Wildman–Crippen LogP) is 3.25. The van der Waals surface area contributed by atoms with Crippen LogP contribution < -0.4 is 5.32 Å². The minimum Gasteiger partial charge on any atom is -0.363 e. The Morgan fingerprint density at radius 2 is 1.88 bits per heavy atom. The Kier molecular flexibility index (Phi) is 2.04. The zero-order chi connectivity index (χ0) is 11.2. The van der Waals surface area contributed by atoms with Crippen LogP contribution in [-0.2, 0) is 0 Å². The van der Waals surface area contributed by atoms with Gasteiger partial charge in [0.05, 0.1) is 0 Å². The summed E-state index contributed by atoms with van der Waals surface area (Å²) in [7, 11) is 0. The highest BCUT2D eigenvalue weighted by atomic mass is 35.5. The first-order valence-corrected chi connectivity index (χ1v) is 5.75. The fourth-order valence-electron chi connectivity index (χ4n) is 1.76. The summed E-state index contributed by atoms with van der Waals surface area (Å²) in [5.74, 6) is 0.833. The quantitative estimate of drug-likeness (QED) is 0.865. The van der Waals surface area contributed by atoms with Crippen LogP contribution in [0.4, 0.5) is 5.82 Å². The van der Waals surface area contributed by atoms with E-state index in [1.165, 1.54) is 12.8 Å². The van der Waals surface area contributed by atoms with Crippen molar-refractivity contribution in [3.05, 3.63) is 29.4 Å². The molecule has 3 nitrogen and oxygen atoms in total. The number of nitrogens with one attached hydrogen (secondary N) is 1. The third-order valence-electron chi connectivity index (χ3n) is 3.06. The van der Waals surface area contributed by atoms with Crippen molar-refractivity contribution in [2.75, 3.05) is 5.32 Å². The molecule has 82 valence electrons. The second kappa shape index (κ2) is 3.32. The van der Waals surface area contributed by atoms with Gasteiger partial charge in [0.2, 0.25) is 0 Å². The fourth-order valence-corrected chi connectivity index (χ4v) is 1.96. The first kappa shape index (κ1) is 9.85. The van der Waals surface area contributed by atoms with E-state index in [0.717, 1.165) is 16.6 Å². The van der Waals surface area contributed by atoms with Crippen LogP contribution in [0.2, 0.25) is 5.15 Å². The standard InChI is InChI=1S/C12H12ClN3/c1-12(6-7-12)14-11-9-5-3-2-4-8(9)10(13)15-16-11/h2-5H,6-7H2,1H3,(H,14,16). The number of aromatic nitrogens is 2. The van der Waals surface area contributed by atoms with Gasteiger partial charge in [0.25, 0.3) is 0 Å². The molecule has 4 heteroatoms. The van der Waals surface area contributed by atoms with Gasteiger partial charge in [-0.3, -0.25) is 0 Å². The van der Waals surface area contributed by atoms with Crippen LogP contribution in [0, 0.1) is 0 Å². The number of hydrogen-bond donors (Lipinski definition) is 1. The van der Waals surface area contributed by atoms with Crippen LogP contribution in [0.3, 0.4) is 0 Å². The van der Waals surface area contributed by atoms with Gasteiger partial charge in [-0.15, -0.1) is 10.2 Å². The molecule has 1 saturated carbocycles. The van der Waals surface area contributed by atoms with E-state index in [0.29, 0.717) is 5.15 Å². The van der Waals surface area contributed by atoms with E-state index in [1.807, 2.05) is 24.3 Å². The van der Waals surface area contributed by atoms with Crippen LogP contribution in [-0.4, -0.2) is 15.7 Å². The van der Waals surface area contributed by atoms with Gasteiger partial charge in [0.15, 0.2) is 11.0 Å². The SMILES string of the molecule is CC1(Nc2nnc(Cl)c3ccccc23)CC1. The highest BCUT2D eigenvalue weighted by Crippen LogP contribution is 2.39. The number of halogens is 1. The molecule has 0 amide bonds. The Balaban J connectivity index is 2.14. The van der Waals surface area contributed by atoms with Gasteiger partial charge in [0.1, 0.15) is 0 Å². The number of fused-ring (bicyclic) bond motifs is 1. The van der Waals surface area contributed by atoms with Crippen molar-refractivity contribution < 1.29 is 0 Å². The number of hydrogen-bond acceptors (Lipinski definition) is 3. The molecule has 1 aromatic heterocycles. The molecule has 0 atom stereocenters. The number of nitrogens with zero attached hydrogens (tertiary/aromatic N) is 2. The Labute approximate surface area is 98.8 Å². The van der Waals surface area contributed by atoms with Gasteiger partial charge in [-0.05, 0) is 19.8 Å². The molecule has 16 heavy (non-hydrogen) atoms. The highest BCUT2D eigenvalue weighted by molar-refractivity contribution is 6.34. The van der Waals surface area contributed by atoms with Crippen LogP contribution >= 0.6 is 11.6 Å². The molecule has 3 rings (SSSR count). The fraction of sp³-hybridized carbons (Fsp3) is 0.333. The van der Waals surface area contributed by atoms with E-state index in [-0.39, 0.29) is 5.54 Å². The van der Waals surface area contributed by atoms with Gasteiger partial charge in [-0.1, -0.05) is 35.9 Å². The molecule has 1 N–H and O–H groups in total. The van der Waals surface area contributed by atoms with Crippen LogP contribution in [0.5, 0.6) is 0 Å². The van der Waals surface area contributed by atoms with Gasteiger partial charge in [0, 0.05) is 16.3 Å². The molecule has 1 heterocycles. The molecule has 1 aliphatic rings. The summed E-state index contributed by atoms with van der Waals surface area (Å²) < 4.78 is 0. The molecule has 0 aliphatic heterocycles. The van der Waals surface area contributed by atoms with Crippen molar-refractivity contribution in [1.82, 2.24) is 10.2 Å². The van der Waals surface area contributed by atoms with Crippen LogP contribution in [0.15, 0.2) is 24.3 Å². The van der Waals surface area contributed by atoms with E-state index in [1.54, 1.807) is 0 Å². The van der Waals surface area contributed by atoms with Crippen molar-refractivity contribution in [3.63, 3.8) is 0 Å². The third-order valence-corrected chi connectivity index (χ3v) is 3.34. The van der Waals surface area contributed by atoms with Crippen LogP contribution in [0.25, 0.3) is 10.8 Å². The molecule has 0 unspecified atom stereocenters. The maximum absolute atomic E-state index is 6.01. The number of anilines is 1. The Hall–Kier alpha value is -1.35. The summed E-state index contributed by atoms with van der Waals surface area (Å²) in [4.78, 5) is 0. The maximum Gasteiger partial charge on any atom is 0.159 e. The lowest BCUT2D eigenvalue weighted by atomic mass is 10.2. The van der Waals surface area contributed by atoms with Crippen molar-refractivity contribution in [2.24, 2.45) is 0 Å². The lowest BCUT2D eigenvalue weighted by molar-refractivity contribution is 0.815. The van der Waals surface area contributed by atoms with E-state index in [9.17, 15) is 0 Å². The lowest BCUT2D eigenvalue weighted by Crippen LogP contribution is -2.17. The normalized spacial score (nSPS) is 17.4. The zero-order valence-electron chi connectivity index (χ0n) is 9.00. The van der Waals surface area contributed by atoms with Crippen molar-refractivity contribution in [3.8, 4) is 0 Å². The minimum atomic E-state index is 0.200. The van der Waals surface area contributed by atoms with E-state index in [4.69, 9.17) is 11.6 Å². The molecule has 0 saturated heterocycles. The van der Waals surface area contributed by atoms with Crippen molar-refractivity contribution in [1.29, 1.82) is 0 Å². The molecular formula is C12H12ClN3. The first-order valence-electron chi connectivity index (χ1n) is 5.37. The molecular weight excluding hydrogens is 222 g/mol. The molecule has 1 aliphatic carbocycles. The molecule has 1 aromatic carbocycles. The summed E-state index contributed by atoms with van der Waals surface area (Å²) in [6, 6.07) is 7.93. The van der Waals surface area contributed by atoms with E-state index < -0.39 is 0 Å². The van der Waals surface area contributed by atoms with E-state index in [2.05, 4.69) is 22.4 Å². The van der Waals surface area contributed by atoms with Gasteiger partial charge in [-0.2, -0.15) is 0 Å². The van der Waals surface area contributed by atoms with Gasteiger partial charge < -0.3 is 5.32 Å². The molecule has 0 spiro atoms. The predicted molar refractivity (Wildman–Crippen MR) is 65.8 cm³/mol. The zero-order valence-corrected chi connectivity index (χ0v) is 9.75. The largest absolute Gasteiger partial charge is 0.363 e. The summed E-state index contributed by atoms with van der Waals surface area (Å²) in [5, 5.41) is 14.0. The third kappa shape index (κ3) is 1.61. The smallest absolute Gasteiger partial charge is 0.159 e. The topological polar surface area (TPSA) is 37.8 Å². The molecule has 0 bridgehead atoms. The lowest BCUT2D eigenvalue weighted by Gasteiger charge is -2.13. The monoisotopic (exact) mass is 233 g/mol. The summed E-state index contributed by atoms with van der Waals surface area (Å²) in [6.45, 7) is 2.19. The summed E-state index contributed by atoms with van der Waals surface area (Å²) >= 11 is 6.01. The second-order valence-electron chi connectivity index (χ2n) is 4.57. The van der Waals surface area contributed by atoms with Crippen LogP contribution in [0.1, 0.15) is 19.8 Å². The average Bonchev–Trinajstić information content (AvgIpc) is 3.01. The first-order chi connectivity index (χ1) is 7.68. The number of rotatable bonds is 2. The molecule has 0 radical (unpaired) electrons. The van der Waals surface area contributed by atoms with E-state index >= 15 is 0 Å². The van der Waals surface area contributed by atoms with Gasteiger partial charge >= 0.3 is 0 Å². The highest BCUT2D eigenvalue weighted by Gasteiger charge is 2.37. The molecule has 1 fully saturated rings. The molecule has 2 aromatic rings. The maximum atomic E-state index is 6.01. The Bertz CT molecular complexity index is 549. The second-order valence-corrected chi connectivity index (χ2v) is 4.93. The Morgan fingerprint density at radius 3 is 2.56 bits per heavy atom. The average molecular weight is 234 g/mol. The summed E-state index contributed by atoms with van der Waals surface area (Å²) in [6.07, 6.45) is 2.37.